The van der Waals surface area contributed by atoms with Crippen molar-refractivity contribution in [1.29, 1.82) is 0 Å². The van der Waals surface area contributed by atoms with Gasteiger partial charge in [0.1, 0.15) is 22.5 Å². The highest BCUT2D eigenvalue weighted by Gasteiger charge is 2.32. The van der Waals surface area contributed by atoms with Gasteiger partial charge < -0.3 is 5.11 Å². The first-order valence-corrected chi connectivity index (χ1v) is 9.53. The highest BCUT2D eigenvalue weighted by atomic mass is 16.3. The molecule has 0 saturated heterocycles. The summed E-state index contributed by atoms with van der Waals surface area (Å²) in [7, 11) is 0. The van der Waals surface area contributed by atoms with Gasteiger partial charge in [-0.05, 0) is 54.9 Å². The number of nitrogens with zero attached hydrogens (tertiary/aromatic N) is 3. The molecule has 1 heterocycles. The molecule has 0 spiro atoms. The van der Waals surface area contributed by atoms with Crippen LogP contribution < -0.4 is 0 Å². The lowest BCUT2D eigenvalue weighted by atomic mass is 9.74. The first kappa shape index (κ1) is 17.7. The first-order chi connectivity index (χ1) is 12.1. The van der Waals surface area contributed by atoms with E-state index in [0.29, 0.717) is 5.76 Å². The number of allylic oxidation sites excluding steroid dienone is 3. The number of fused-ring (bicyclic) bond motifs is 1. The highest BCUT2D eigenvalue weighted by molar-refractivity contribution is 5.75. The fourth-order valence-corrected chi connectivity index (χ4v) is 3.66. The van der Waals surface area contributed by atoms with E-state index in [1.165, 1.54) is 12.8 Å². The molecule has 134 valence electrons. The van der Waals surface area contributed by atoms with Crippen LogP contribution in [0.15, 0.2) is 41.7 Å². The van der Waals surface area contributed by atoms with Crippen molar-refractivity contribution < 1.29 is 5.11 Å². The molecule has 1 N–H and O–H groups in total. The first-order valence-electron chi connectivity index (χ1n) is 9.53. The predicted octanol–water partition coefficient (Wildman–Crippen LogP) is 5.87. The van der Waals surface area contributed by atoms with Gasteiger partial charge >= 0.3 is 0 Å². The van der Waals surface area contributed by atoms with Gasteiger partial charge in [0.2, 0.25) is 0 Å². The molecule has 2 aromatic rings. The minimum atomic E-state index is 0.0560. The number of benzene rings is 1. The molecule has 0 aliphatic heterocycles. The van der Waals surface area contributed by atoms with Crippen LogP contribution in [0.1, 0.15) is 65.7 Å². The zero-order chi connectivity index (χ0) is 17.9. The van der Waals surface area contributed by atoms with Crippen molar-refractivity contribution in [3.63, 3.8) is 0 Å². The highest BCUT2D eigenvalue weighted by Crippen LogP contribution is 2.43. The largest absolute Gasteiger partial charge is 0.506 e. The van der Waals surface area contributed by atoms with Gasteiger partial charge in [-0.25, -0.2) is 0 Å². The van der Waals surface area contributed by atoms with Crippen LogP contribution in [-0.4, -0.2) is 20.1 Å². The monoisotopic (exact) mass is 339 g/mol. The van der Waals surface area contributed by atoms with Gasteiger partial charge in [0.25, 0.3) is 0 Å². The lowest BCUT2D eigenvalue weighted by molar-refractivity contribution is 0.333. The molecule has 4 heteroatoms. The van der Waals surface area contributed by atoms with Crippen LogP contribution in [0.2, 0.25) is 0 Å². The van der Waals surface area contributed by atoms with Gasteiger partial charge in [-0.1, -0.05) is 52.2 Å². The average molecular weight is 339 g/mol. The van der Waals surface area contributed by atoms with Crippen LogP contribution in [0, 0.1) is 5.41 Å². The Balaban J connectivity index is 2.03. The summed E-state index contributed by atoms with van der Waals surface area (Å²) in [5.74, 6) is 0.378. The Labute approximate surface area is 150 Å². The minimum absolute atomic E-state index is 0.0560. The molecule has 4 nitrogen and oxygen atoms in total. The lowest BCUT2D eigenvalue weighted by Crippen LogP contribution is -2.23. The molecule has 1 aromatic heterocycles. The van der Waals surface area contributed by atoms with E-state index < -0.39 is 0 Å². The Hall–Kier alpha value is -2.10. The number of rotatable bonds is 7. The van der Waals surface area contributed by atoms with E-state index >= 15 is 0 Å². The molecule has 1 aromatic carbocycles. The summed E-state index contributed by atoms with van der Waals surface area (Å²) in [5, 5.41) is 20.1. The Morgan fingerprint density at radius 1 is 1.08 bits per heavy atom. The number of unbranched alkanes of at least 4 members (excludes halogenated alkanes) is 2. The van der Waals surface area contributed by atoms with Crippen LogP contribution in [0.25, 0.3) is 16.7 Å². The lowest BCUT2D eigenvalue weighted by Gasteiger charge is -2.33. The van der Waals surface area contributed by atoms with Crippen molar-refractivity contribution in [2.45, 2.75) is 65.7 Å². The second kappa shape index (κ2) is 7.42. The van der Waals surface area contributed by atoms with Crippen molar-refractivity contribution in [2.24, 2.45) is 5.41 Å². The summed E-state index contributed by atoms with van der Waals surface area (Å²) in [4.78, 5) is 1.62. The second-order valence-corrected chi connectivity index (χ2v) is 7.50. The Morgan fingerprint density at radius 2 is 1.72 bits per heavy atom. The van der Waals surface area contributed by atoms with Gasteiger partial charge in [0, 0.05) is 0 Å². The fraction of sp³-hybridized carbons (Fsp3) is 0.524. The quantitative estimate of drug-likeness (QED) is 0.686. The van der Waals surface area contributed by atoms with Crippen LogP contribution in [0.4, 0.5) is 0 Å². The summed E-state index contributed by atoms with van der Waals surface area (Å²) in [6.45, 7) is 6.71. The van der Waals surface area contributed by atoms with Crippen molar-refractivity contribution in [2.75, 3.05) is 0 Å². The van der Waals surface area contributed by atoms with Gasteiger partial charge in [-0.2, -0.15) is 0 Å². The summed E-state index contributed by atoms with van der Waals surface area (Å²) in [6.07, 6.45) is 9.80. The van der Waals surface area contributed by atoms with Crippen LogP contribution >= 0.6 is 0 Å². The van der Waals surface area contributed by atoms with E-state index in [1.54, 1.807) is 4.80 Å². The van der Waals surface area contributed by atoms with Crippen molar-refractivity contribution >= 4 is 16.7 Å². The molecule has 1 atom stereocenters. The Bertz CT molecular complexity index is 769. The van der Waals surface area contributed by atoms with Gasteiger partial charge in [0.05, 0.1) is 0 Å². The second-order valence-electron chi connectivity index (χ2n) is 7.50. The number of aliphatic hydroxyl groups is 1. The molecule has 1 aliphatic rings. The molecular formula is C21H29N3O. The normalized spacial score (nSPS) is 21.0. The van der Waals surface area contributed by atoms with Crippen molar-refractivity contribution in [3.8, 4) is 0 Å². The fourth-order valence-electron chi connectivity index (χ4n) is 3.66. The number of aliphatic hydroxyl groups excluding tert-OH is 1. The molecular weight excluding hydrogens is 310 g/mol. The predicted molar refractivity (Wildman–Crippen MR) is 103 cm³/mol. The van der Waals surface area contributed by atoms with E-state index in [-0.39, 0.29) is 5.41 Å². The van der Waals surface area contributed by atoms with E-state index in [1.807, 2.05) is 24.3 Å². The molecule has 1 unspecified atom stereocenters. The van der Waals surface area contributed by atoms with Crippen LogP contribution in [0.3, 0.4) is 0 Å². The molecule has 0 amide bonds. The SMILES string of the molecule is CCCCC1=C(O)C(n2nc3ccccc3n2)=CC(C)(CCCC)C1. The summed E-state index contributed by atoms with van der Waals surface area (Å²) < 4.78 is 0. The van der Waals surface area contributed by atoms with E-state index in [9.17, 15) is 5.11 Å². The average Bonchev–Trinajstić information content (AvgIpc) is 3.04. The number of hydrogen-bond donors (Lipinski definition) is 1. The standard InChI is InChI=1S/C21H29N3O/c1-4-6-10-16-14-21(3,13-7-5-2)15-19(20(16)25)24-22-17-11-8-9-12-18(17)23-24/h8-9,11-12,15,25H,4-7,10,13-14H2,1-3H3. The van der Waals surface area contributed by atoms with Crippen molar-refractivity contribution in [1.82, 2.24) is 15.0 Å². The summed E-state index contributed by atoms with van der Waals surface area (Å²) in [5.41, 5.74) is 3.66. The molecule has 0 fully saturated rings. The maximum atomic E-state index is 10.9. The van der Waals surface area contributed by atoms with E-state index in [4.69, 9.17) is 0 Å². The molecule has 1 aliphatic carbocycles. The molecule has 0 saturated carbocycles. The number of aromatic nitrogens is 3. The van der Waals surface area contributed by atoms with Gasteiger partial charge in [0.15, 0.2) is 0 Å². The molecule has 0 bridgehead atoms. The third kappa shape index (κ3) is 3.78. The summed E-state index contributed by atoms with van der Waals surface area (Å²) >= 11 is 0. The molecule has 0 radical (unpaired) electrons. The van der Waals surface area contributed by atoms with Crippen molar-refractivity contribution in [3.05, 3.63) is 41.7 Å². The zero-order valence-electron chi connectivity index (χ0n) is 15.6. The zero-order valence-corrected chi connectivity index (χ0v) is 15.6. The van der Waals surface area contributed by atoms with E-state index in [2.05, 4.69) is 37.0 Å². The Morgan fingerprint density at radius 3 is 2.32 bits per heavy atom. The topological polar surface area (TPSA) is 50.9 Å². The Kier molecular flexibility index (Phi) is 5.26. The maximum Gasteiger partial charge on any atom is 0.142 e. The van der Waals surface area contributed by atoms with Gasteiger partial charge in [-0.15, -0.1) is 15.0 Å². The van der Waals surface area contributed by atoms with Crippen LogP contribution in [-0.2, 0) is 0 Å². The molecule has 3 rings (SSSR count). The minimum Gasteiger partial charge on any atom is -0.506 e. The molecule has 25 heavy (non-hydrogen) atoms. The smallest absolute Gasteiger partial charge is 0.142 e. The van der Waals surface area contributed by atoms with Gasteiger partial charge in [-0.3, -0.25) is 0 Å². The third-order valence-corrected chi connectivity index (χ3v) is 5.12. The summed E-state index contributed by atoms with van der Waals surface area (Å²) in [6, 6.07) is 7.84. The third-order valence-electron chi connectivity index (χ3n) is 5.12. The number of hydrogen-bond acceptors (Lipinski definition) is 3. The van der Waals surface area contributed by atoms with E-state index in [0.717, 1.165) is 54.4 Å². The van der Waals surface area contributed by atoms with Crippen LogP contribution in [0.5, 0.6) is 0 Å². The maximum absolute atomic E-state index is 10.9.